The molecule has 0 radical (unpaired) electrons. The van der Waals surface area contributed by atoms with Crippen molar-refractivity contribution >= 4 is 11.5 Å². The Labute approximate surface area is 87.9 Å². The maximum atomic E-state index is 5.45. The molecule has 1 aromatic rings. The van der Waals surface area contributed by atoms with Crippen molar-refractivity contribution in [3.8, 4) is 5.19 Å². The van der Waals surface area contributed by atoms with Gasteiger partial charge in [-0.05, 0) is 25.8 Å². The molecule has 0 aromatic carbocycles. The maximum absolute atomic E-state index is 5.45. The fourth-order valence-corrected chi connectivity index (χ4v) is 2.10. The van der Waals surface area contributed by atoms with Crippen molar-refractivity contribution in [3.63, 3.8) is 0 Å². The average Bonchev–Trinajstić information content (AvgIpc) is 2.72. The van der Waals surface area contributed by atoms with E-state index in [-0.39, 0.29) is 0 Å². The Balaban J connectivity index is 1.62. The summed E-state index contributed by atoms with van der Waals surface area (Å²) in [5.74, 6) is 0. The van der Waals surface area contributed by atoms with Crippen molar-refractivity contribution < 1.29 is 4.74 Å². The Bertz CT molecular complexity index is 247. The molecule has 0 aliphatic carbocycles. The molecular formula is C9H15N3OS. The second kappa shape index (κ2) is 5.26. The van der Waals surface area contributed by atoms with Gasteiger partial charge in [0.1, 0.15) is 6.33 Å². The van der Waals surface area contributed by atoms with Gasteiger partial charge in [0.05, 0.1) is 6.61 Å². The molecule has 1 aliphatic heterocycles. The predicted octanol–water partition coefficient (Wildman–Crippen LogP) is 1.45. The highest BCUT2D eigenvalue weighted by molar-refractivity contribution is 7.07. The summed E-state index contributed by atoms with van der Waals surface area (Å²) in [6, 6.07) is 0.636. The molecule has 1 unspecified atom stereocenters. The average molecular weight is 213 g/mol. The van der Waals surface area contributed by atoms with Crippen LogP contribution in [0.2, 0.25) is 0 Å². The van der Waals surface area contributed by atoms with Crippen molar-refractivity contribution in [1.82, 2.24) is 14.7 Å². The first-order valence-corrected chi connectivity index (χ1v) is 5.85. The van der Waals surface area contributed by atoms with Gasteiger partial charge >= 0.3 is 0 Å². The smallest absolute Gasteiger partial charge is 0.292 e. The summed E-state index contributed by atoms with van der Waals surface area (Å²) in [6.45, 7) is 1.90. The van der Waals surface area contributed by atoms with E-state index in [1.165, 1.54) is 37.1 Å². The van der Waals surface area contributed by atoms with Crippen molar-refractivity contribution in [2.45, 2.75) is 31.7 Å². The lowest BCUT2D eigenvalue weighted by Crippen LogP contribution is -2.35. The zero-order valence-electron chi connectivity index (χ0n) is 8.11. The molecule has 1 N–H and O–H groups in total. The van der Waals surface area contributed by atoms with E-state index in [9.17, 15) is 0 Å². The van der Waals surface area contributed by atoms with E-state index in [0.717, 1.165) is 19.6 Å². The summed E-state index contributed by atoms with van der Waals surface area (Å²) in [5.41, 5.74) is 0. The van der Waals surface area contributed by atoms with E-state index >= 15 is 0 Å². The fourth-order valence-electron chi connectivity index (χ4n) is 1.69. The molecule has 4 nitrogen and oxygen atoms in total. The largest absolute Gasteiger partial charge is 0.469 e. The van der Waals surface area contributed by atoms with Gasteiger partial charge in [0, 0.05) is 17.6 Å². The van der Waals surface area contributed by atoms with Gasteiger partial charge in [-0.15, -0.1) is 0 Å². The molecular weight excluding hydrogens is 198 g/mol. The van der Waals surface area contributed by atoms with Crippen LogP contribution in [0, 0.1) is 0 Å². The van der Waals surface area contributed by atoms with Crippen LogP contribution < -0.4 is 10.1 Å². The lowest BCUT2D eigenvalue weighted by Gasteiger charge is -2.22. The molecule has 0 bridgehead atoms. The molecule has 1 saturated heterocycles. The Morgan fingerprint density at radius 2 is 2.57 bits per heavy atom. The third kappa shape index (κ3) is 2.92. The number of piperidine rings is 1. The molecule has 0 saturated carbocycles. The molecule has 1 aromatic heterocycles. The quantitative estimate of drug-likeness (QED) is 0.822. The highest BCUT2D eigenvalue weighted by Gasteiger charge is 2.12. The highest BCUT2D eigenvalue weighted by atomic mass is 32.1. The van der Waals surface area contributed by atoms with Crippen LogP contribution in [0.5, 0.6) is 5.19 Å². The molecule has 1 fully saturated rings. The van der Waals surface area contributed by atoms with Gasteiger partial charge in [-0.1, -0.05) is 6.42 Å². The molecule has 78 valence electrons. The van der Waals surface area contributed by atoms with Gasteiger partial charge in [-0.25, -0.2) is 0 Å². The van der Waals surface area contributed by atoms with Crippen LogP contribution in [0.4, 0.5) is 0 Å². The first-order valence-electron chi connectivity index (χ1n) is 5.08. The molecule has 1 atom stereocenters. The second-order valence-electron chi connectivity index (χ2n) is 3.49. The van der Waals surface area contributed by atoms with E-state index in [1.807, 2.05) is 0 Å². The van der Waals surface area contributed by atoms with Crippen LogP contribution in [-0.2, 0) is 0 Å². The van der Waals surface area contributed by atoms with Crippen LogP contribution in [0.1, 0.15) is 25.7 Å². The third-order valence-corrected chi connectivity index (χ3v) is 3.02. The zero-order chi connectivity index (χ0) is 9.64. The lowest BCUT2D eigenvalue weighted by atomic mass is 10.0. The van der Waals surface area contributed by atoms with E-state index < -0.39 is 0 Å². The highest BCUT2D eigenvalue weighted by Crippen LogP contribution is 2.13. The van der Waals surface area contributed by atoms with E-state index in [0.29, 0.717) is 11.2 Å². The summed E-state index contributed by atoms with van der Waals surface area (Å²) in [4.78, 5) is 3.96. The molecule has 2 rings (SSSR count). The zero-order valence-corrected chi connectivity index (χ0v) is 8.92. The number of nitrogens with zero attached hydrogens (tertiary/aromatic N) is 2. The van der Waals surface area contributed by atoms with E-state index in [2.05, 4.69) is 14.7 Å². The maximum Gasteiger partial charge on any atom is 0.292 e. The summed E-state index contributed by atoms with van der Waals surface area (Å²) in [6.07, 6.45) is 6.53. The van der Waals surface area contributed by atoms with E-state index in [1.54, 1.807) is 0 Å². The number of hydrogen-bond acceptors (Lipinski definition) is 5. The SMILES string of the molecule is c1nsc(OCCC2CCCCN2)n1. The second-order valence-corrected chi connectivity index (χ2v) is 4.23. The van der Waals surface area contributed by atoms with Crippen molar-refractivity contribution in [3.05, 3.63) is 6.33 Å². The van der Waals surface area contributed by atoms with Gasteiger partial charge in [-0.2, -0.15) is 9.36 Å². The minimum Gasteiger partial charge on any atom is -0.469 e. The summed E-state index contributed by atoms with van der Waals surface area (Å²) >= 11 is 1.31. The molecule has 1 aliphatic rings. The fraction of sp³-hybridized carbons (Fsp3) is 0.778. The monoisotopic (exact) mass is 213 g/mol. The number of ether oxygens (including phenoxy) is 1. The van der Waals surface area contributed by atoms with Gasteiger partial charge < -0.3 is 10.1 Å². The first-order chi connectivity index (χ1) is 6.95. The number of nitrogens with one attached hydrogen (secondary N) is 1. The molecule has 5 heteroatoms. The molecule has 0 spiro atoms. The van der Waals surface area contributed by atoms with Gasteiger partial charge in [0.25, 0.3) is 5.19 Å². The van der Waals surface area contributed by atoms with Gasteiger partial charge in [-0.3, -0.25) is 0 Å². The van der Waals surface area contributed by atoms with Crippen molar-refractivity contribution in [1.29, 1.82) is 0 Å². The Morgan fingerprint density at radius 1 is 1.57 bits per heavy atom. The number of hydrogen-bond donors (Lipinski definition) is 1. The van der Waals surface area contributed by atoms with Gasteiger partial charge in [0.2, 0.25) is 0 Å². The Hall–Kier alpha value is -0.680. The third-order valence-electron chi connectivity index (χ3n) is 2.45. The summed E-state index contributed by atoms with van der Waals surface area (Å²) in [5, 5.41) is 4.17. The molecule has 0 amide bonds. The Kier molecular flexibility index (Phi) is 3.71. The minimum atomic E-state index is 0.636. The topological polar surface area (TPSA) is 47.0 Å². The first kappa shape index (κ1) is 9.86. The van der Waals surface area contributed by atoms with Crippen molar-refractivity contribution in [2.75, 3.05) is 13.2 Å². The van der Waals surface area contributed by atoms with E-state index in [4.69, 9.17) is 4.74 Å². The molecule has 14 heavy (non-hydrogen) atoms. The summed E-state index contributed by atoms with van der Waals surface area (Å²) < 4.78 is 9.33. The Morgan fingerprint density at radius 3 is 3.29 bits per heavy atom. The van der Waals surface area contributed by atoms with Crippen LogP contribution >= 0.6 is 11.5 Å². The number of aromatic nitrogens is 2. The van der Waals surface area contributed by atoms with Crippen LogP contribution in [0.3, 0.4) is 0 Å². The minimum absolute atomic E-state index is 0.636. The standard InChI is InChI=1S/C9H15N3OS/c1-2-5-10-8(3-1)4-6-13-9-11-7-12-14-9/h7-8,10H,1-6H2. The normalized spacial score (nSPS) is 22.1. The molecule has 2 heterocycles. The van der Waals surface area contributed by atoms with Crippen LogP contribution in [0.15, 0.2) is 6.33 Å². The van der Waals surface area contributed by atoms with Crippen molar-refractivity contribution in [2.24, 2.45) is 0 Å². The lowest BCUT2D eigenvalue weighted by molar-refractivity contribution is 0.267. The summed E-state index contributed by atoms with van der Waals surface area (Å²) in [7, 11) is 0. The van der Waals surface area contributed by atoms with Crippen LogP contribution in [-0.4, -0.2) is 28.6 Å². The number of rotatable bonds is 4. The predicted molar refractivity (Wildman–Crippen MR) is 55.7 cm³/mol. The van der Waals surface area contributed by atoms with Crippen LogP contribution in [0.25, 0.3) is 0 Å². The van der Waals surface area contributed by atoms with Gasteiger partial charge in [0.15, 0.2) is 0 Å².